The van der Waals surface area contributed by atoms with Crippen molar-refractivity contribution in [3.05, 3.63) is 39.6 Å². The van der Waals surface area contributed by atoms with Gasteiger partial charge in [-0.3, -0.25) is 0 Å². The summed E-state index contributed by atoms with van der Waals surface area (Å²) >= 11 is 9.13. The van der Waals surface area contributed by atoms with E-state index in [0.717, 1.165) is 6.20 Å². The van der Waals surface area contributed by atoms with E-state index in [4.69, 9.17) is 11.6 Å². The minimum Gasteiger partial charge on any atom is -0.334 e. The number of alkyl halides is 3. The third-order valence-electron chi connectivity index (χ3n) is 2.08. The molecule has 17 heavy (non-hydrogen) atoms. The quantitative estimate of drug-likeness (QED) is 0.821. The highest BCUT2D eigenvalue weighted by atomic mass is 79.9. The molecule has 1 aromatic heterocycles. The Labute approximate surface area is 108 Å². The van der Waals surface area contributed by atoms with Crippen LogP contribution in [0.1, 0.15) is 5.69 Å². The Morgan fingerprint density at radius 1 is 1.29 bits per heavy atom. The molecule has 0 unspecified atom stereocenters. The molecule has 0 amide bonds. The summed E-state index contributed by atoms with van der Waals surface area (Å²) < 4.78 is 37.8. The molecular formula is C10H5BrClF3N2. The fourth-order valence-electron chi connectivity index (χ4n) is 1.32. The summed E-state index contributed by atoms with van der Waals surface area (Å²) in [5.74, 6) is 0.0785. The Balaban J connectivity index is 2.51. The maximum atomic E-state index is 12.4. The maximum Gasteiger partial charge on any atom is 0.432 e. The molecule has 0 aliphatic carbocycles. The number of nitrogens with one attached hydrogen (secondary N) is 1. The Morgan fingerprint density at radius 3 is 2.53 bits per heavy atom. The van der Waals surface area contributed by atoms with Crippen molar-refractivity contribution in [1.82, 2.24) is 9.97 Å². The molecule has 0 radical (unpaired) electrons. The van der Waals surface area contributed by atoms with E-state index in [9.17, 15) is 13.2 Å². The molecule has 7 heteroatoms. The summed E-state index contributed by atoms with van der Waals surface area (Å²) in [5.41, 5.74) is -0.496. The van der Waals surface area contributed by atoms with Gasteiger partial charge in [0, 0.05) is 4.47 Å². The minimum atomic E-state index is -4.45. The van der Waals surface area contributed by atoms with Crippen LogP contribution in [0.5, 0.6) is 0 Å². The third-order valence-corrected chi connectivity index (χ3v) is 3.06. The number of benzene rings is 1. The van der Waals surface area contributed by atoms with Gasteiger partial charge in [-0.1, -0.05) is 17.7 Å². The molecule has 0 saturated carbocycles. The topological polar surface area (TPSA) is 28.7 Å². The zero-order valence-electron chi connectivity index (χ0n) is 8.15. The number of hydrogen-bond acceptors (Lipinski definition) is 1. The fourth-order valence-corrected chi connectivity index (χ4v) is 2.25. The highest BCUT2D eigenvalue weighted by molar-refractivity contribution is 9.10. The maximum absolute atomic E-state index is 12.4. The minimum absolute atomic E-state index is 0.0785. The number of aromatic amines is 1. The molecule has 0 aliphatic rings. The fraction of sp³-hybridized carbons (Fsp3) is 0.100. The molecule has 1 aromatic carbocycles. The summed E-state index contributed by atoms with van der Waals surface area (Å²) in [6, 6.07) is 4.94. The molecule has 0 atom stereocenters. The number of nitrogens with zero attached hydrogens (tertiary/aromatic N) is 1. The lowest BCUT2D eigenvalue weighted by Gasteiger charge is -2.04. The highest BCUT2D eigenvalue weighted by Crippen LogP contribution is 2.35. The van der Waals surface area contributed by atoms with Crippen molar-refractivity contribution in [3.63, 3.8) is 0 Å². The number of aromatic nitrogens is 2. The summed E-state index contributed by atoms with van der Waals surface area (Å²) in [7, 11) is 0. The summed E-state index contributed by atoms with van der Waals surface area (Å²) in [6.45, 7) is 0. The molecule has 0 saturated heterocycles. The van der Waals surface area contributed by atoms with Gasteiger partial charge in [0.25, 0.3) is 0 Å². The van der Waals surface area contributed by atoms with Crippen LogP contribution in [0.2, 0.25) is 5.02 Å². The van der Waals surface area contributed by atoms with E-state index >= 15 is 0 Å². The number of hydrogen-bond donors (Lipinski definition) is 1. The van der Waals surface area contributed by atoms with Crippen LogP contribution in [0.25, 0.3) is 11.4 Å². The molecule has 0 fully saturated rings. The third kappa shape index (κ3) is 2.47. The van der Waals surface area contributed by atoms with Crippen LogP contribution in [0.15, 0.2) is 28.9 Å². The van der Waals surface area contributed by atoms with E-state index in [0.29, 0.717) is 15.1 Å². The molecular weight excluding hydrogens is 320 g/mol. The Bertz CT molecular complexity index is 530. The van der Waals surface area contributed by atoms with Crippen LogP contribution in [-0.4, -0.2) is 9.97 Å². The zero-order chi connectivity index (χ0) is 12.6. The van der Waals surface area contributed by atoms with Gasteiger partial charge in [0.15, 0.2) is 0 Å². The zero-order valence-corrected chi connectivity index (χ0v) is 10.5. The largest absolute Gasteiger partial charge is 0.432 e. The highest BCUT2D eigenvalue weighted by Gasteiger charge is 2.33. The number of halogens is 5. The van der Waals surface area contributed by atoms with Gasteiger partial charge in [0.05, 0.1) is 16.8 Å². The molecule has 90 valence electrons. The van der Waals surface area contributed by atoms with Crippen molar-refractivity contribution in [2.45, 2.75) is 6.18 Å². The van der Waals surface area contributed by atoms with E-state index in [1.807, 2.05) is 0 Å². The number of rotatable bonds is 1. The van der Waals surface area contributed by atoms with E-state index in [-0.39, 0.29) is 5.82 Å². The normalized spacial score (nSPS) is 11.8. The van der Waals surface area contributed by atoms with Crippen LogP contribution in [0.3, 0.4) is 0 Å². The Morgan fingerprint density at radius 2 is 2.00 bits per heavy atom. The number of imidazole rings is 1. The first-order valence-electron chi connectivity index (χ1n) is 4.46. The van der Waals surface area contributed by atoms with E-state index in [1.165, 1.54) is 0 Å². The van der Waals surface area contributed by atoms with Gasteiger partial charge in [-0.2, -0.15) is 13.2 Å². The average Bonchev–Trinajstić information content (AvgIpc) is 2.65. The monoisotopic (exact) mass is 324 g/mol. The van der Waals surface area contributed by atoms with Gasteiger partial charge >= 0.3 is 6.18 Å². The Hall–Kier alpha value is -1.01. The lowest BCUT2D eigenvalue weighted by atomic mass is 10.2. The van der Waals surface area contributed by atoms with Gasteiger partial charge in [-0.15, -0.1) is 0 Å². The van der Waals surface area contributed by atoms with Gasteiger partial charge in [0.1, 0.15) is 11.5 Å². The second kappa shape index (κ2) is 4.34. The average molecular weight is 326 g/mol. The second-order valence-electron chi connectivity index (χ2n) is 3.24. The molecule has 0 bridgehead atoms. The van der Waals surface area contributed by atoms with Crippen molar-refractivity contribution >= 4 is 27.5 Å². The SMILES string of the molecule is FC(F)(F)c1cnc(-c2c(Cl)cccc2Br)[nH]1. The molecule has 2 nitrogen and oxygen atoms in total. The van der Waals surface area contributed by atoms with Crippen LogP contribution >= 0.6 is 27.5 Å². The van der Waals surface area contributed by atoms with Crippen molar-refractivity contribution in [2.24, 2.45) is 0 Å². The lowest BCUT2D eigenvalue weighted by Crippen LogP contribution is -2.04. The van der Waals surface area contributed by atoms with Gasteiger partial charge < -0.3 is 4.98 Å². The van der Waals surface area contributed by atoms with Crippen LogP contribution in [0, 0.1) is 0 Å². The van der Waals surface area contributed by atoms with Crippen LogP contribution < -0.4 is 0 Å². The summed E-state index contributed by atoms with van der Waals surface area (Å²) in [4.78, 5) is 5.89. The number of H-pyrrole nitrogens is 1. The van der Waals surface area contributed by atoms with Gasteiger partial charge in [-0.25, -0.2) is 4.98 Å². The first-order chi connectivity index (χ1) is 7.89. The molecule has 0 spiro atoms. The first kappa shape index (κ1) is 12.4. The van der Waals surface area contributed by atoms with E-state index < -0.39 is 11.9 Å². The van der Waals surface area contributed by atoms with Crippen molar-refractivity contribution in [3.8, 4) is 11.4 Å². The molecule has 2 rings (SSSR count). The van der Waals surface area contributed by atoms with Crippen LogP contribution in [0.4, 0.5) is 13.2 Å². The molecule has 2 aromatic rings. The summed E-state index contributed by atoms with van der Waals surface area (Å²) in [6.07, 6.45) is -3.70. The van der Waals surface area contributed by atoms with Gasteiger partial charge in [0.2, 0.25) is 0 Å². The predicted molar refractivity (Wildman–Crippen MR) is 61.7 cm³/mol. The van der Waals surface area contributed by atoms with E-state index in [1.54, 1.807) is 18.2 Å². The van der Waals surface area contributed by atoms with E-state index in [2.05, 4.69) is 25.9 Å². The van der Waals surface area contributed by atoms with Crippen molar-refractivity contribution < 1.29 is 13.2 Å². The molecule has 1 heterocycles. The summed E-state index contributed by atoms with van der Waals surface area (Å²) in [5, 5.41) is 0.322. The Kier molecular flexibility index (Phi) is 3.18. The first-order valence-corrected chi connectivity index (χ1v) is 5.63. The van der Waals surface area contributed by atoms with Crippen molar-refractivity contribution in [1.29, 1.82) is 0 Å². The predicted octanol–water partition coefficient (Wildman–Crippen LogP) is 4.51. The second-order valence-corrected chi connectivity index (χ2v) is 4.50. The lowest BCUT2D eigenvalue weighted by molar-refractivity contribution is -0.140. The van der Waals surface area contributed by atoms with Crippen LogP contribution in [-0.2, 0) is 6.18 Å². The molecule has 1 N–H and O–H groups in total. The van der Waals surface area contributed by atoms with Gasteiger partial charge in [-0.05, 0) is 28.1 Å². The smallest absolute Gasteiger partial charge is 0.334 e. The standard InChI is InChI=1S/C10H5BrClF3N2/c11-5-2-1-3-6(12)8(5)9-16-4-7(17-9)10(13,14)15/h1-4H,(H,16,17). The van der Waals surface area contributed by atoms with Crippen molar-refractivity contribution in [2.75, 3.05) is 0 Å². The molecule has 0 aliphatic heterocycles.